The summed E-state index contributed by atoms with van der Waals surface area (Å²) in [6.07, 6.45) is 8.60. The zero-order valence-corrected chi connectivity index (χ0v) is 10.8. The average molecular weight is 229 g/mol. The lowest BCUT2D eigenvalue weighted by atomic mass is 9.67. The van der Waals surface area contributed by atoms with E-state index in [-0.39, 0.29) is 0 Å². The summed E-state index contributed by atoms with van der Waals surface area (Å²) >= 11 is 0. The molecule has 2 aliphatic carbocycles. The highest BCUT2D eigenvalue weighted by molar-refractivity contribution is 5.41. The van der Waals surface area contributed by atoms with Gasteiger partial charge in [-0.25, -0.2) is 0 Å². The van der Waals surface area contributed by atoms with E-state index in [9.17, 15) is 0 Å². The van der Waals surface area contributed by atoms with E-state index in [1.807, 2.05) is 12.1 Å². The Kier molecular flexibility index (Phi) is 2.65. The van der Waals surface area contributed by atoms with E-state index in [1.54, 1.807) is 0 Å². The monoisotopic (exact) mass is 229 g/mol. The van der Waals surface area contributed by atoms with Gasteiger partial charge in [0, 0.05) is 5.69 Å². The van der Waals surface area contributed by atoms with Gasteiger partial charge >= 0.3 is 0 Å². The lowest BCUT2D eigenvalue weighted by Crippen LogP contribution is -2.29. The lowest BCUT2D eigenvalue weighted by molar-refractivity contribution is 0.228. The van der Waals surface area contributed by atoms with Gasteiger partial charge < -0.3 is 5.73 Å². The molecular weight excluding hydrogens is 206 g/mol. The summed E-state index contributed by atoms with van der Waals surface area (Å²) < 4.78 is 0. The van der Waals surface area contributed by atoms with Gasteiger partial charge in [0.1, 0.15) is 0 Å². The van der Waals surface area contributed by atoms with Crippen molar-refractivity contribution in [1.29, 1.82) is 0 Å². The van der Waals surface area contributed by atoms with E-state index in [0.717, 1.165) is 17.5 Å². The fraction of sp³-hybridized carbons (Fsp3) is 0.625. The van der Waals surface area contributed by atoms with Crippen LogP contribution >= 0.6 is 0 Å². The maximum Gasteiger partial charge on any atom is 0.0314 e. The van der Waals surface area contributed by atoms with Gasteiger partial charge in [-0.3, -0.25) is 0 Å². The van der Waals surface area contributed by atoms with Crippen molar-refractivity contribution in [2.75, 3.05) is 5.73 Å². The molecule has 3 rings (SSSR count). The molecule has 0 bridgehead atoms. The molecule has 2 saturated carbocycles. The third kappa shape index (κ3) is 2.20. The molecule has 0 saturated heterocycles. The van der Waals surface area contributed by atoms with Crippen LogP contribution in [0.3, 0.4) is 0 Å². The molecule has 2 N–H and O–H groups in total. The first kappa shape index (κ1) is 11.1. The predicted molar refractivity (Wildman–Crippen MR) is 72.9 cm³/mol. The summed E-state index contributed by atoms with van der Waals surface area (Å²) in [6, 6.07) is 8.56. The number of nitrogen functional groups attached to an aromatic ring is 1. The van der Waals surface area contributed by atoms with Gasteiger partial charge in [-0.15, -0.1) is 0 Å². The standard InChI is InChI=1S/C16H23N/c1-16(14-4-6-15(17)7-5-14)10-8-13(9-11-16)12-2-3-12/h4-7,12-13H,2-3,8-11,17H2,1H3. The Hall–Kier alpha value is -0.980. The van der Waals surface area contributed by atoms with E-state index in [4.69, 9.17) is 5.73 Å². The Morgan fingerprint density at radius 1 is 0.941 bits per heavy atom. The SMILES string of the molecule is CC1(c2ccc(N)cc2)CCC(C2CC2)CC1. The molecule has 2 fully saturated rings. The highest BCUT2D eigenvalue weighted by atomic mass is 14.5. The molecule has 1 aromatic carbocycles. The summed E-state index contributed by atoms with van der Waals surface area (Å²) in [6.45, 7) is 2.43. The molecule has 0 spiro atoms. The summed E-state index contributed by atoms with van der Waals surface area (Å²) in [5, 5.41) is 0. The summed E-state index contributed by atoms with van der Waals surface area (Å²) in [5.74, 6) is 2.13. The fourth-order valence-corrected chi connectivity index (χ4v) is 3.49. The molecule has 2 aliphatic rings. The number of nitrogens with two attached hydrogens (primary N) is 1. The predicted octanol–water partition coefficient (Wildman–Crippen LogP) is 4.13. The minimum absolute atomic E-state index is 0.402. The smallest absolute Gasteiger partial charge is 0.0314 e. The molecule has 92 valence electrons. The molecule has 1 nitrogen and oxygen atoms in total. The third-order valence-corrected chi connectivity index (χ3v) is 5.03. The van der Waals surface area contributed by atoms with Crippen molar-refractivity contribution < 1.29 is 0 Å². The van der Waals surface area contributed by atoms with Crippen LogP contribution in [0.5, 0.6) is 0 Å². The van der Waals surface area contributed by atoms with Gasteiger partial charge in [-0.2, -0.15) is 0 Å². The normalized spacial score (nSPS) is 33.6. The second-order valence-corrected chi connectivity index (χ2v) is 6.36. The first-order chi connectivity index (χ1) is 8.17. The molecule has 0 heterocycles. The quantitative estimate of drug-likeness (QED) is 0.758. The number of benzene rings is 1. The lowest BCUT2D eigenvalue weighted by Gasteiger charge is -2.38. The molecular formula is C16H23N. The van der Waals surface area contributed by atoms with Crippen LogP contribution in [-0.4, -0.2) is 0 Å². The Morgan fingerprint density at radius 3 is 2.00 bits per heavy atom. The average Bonchev–Trinajstić information content (AvgIpc) is 3.15. The molecule has 0 radical (unpaired) electrons. The van der Waals surface area contributed by atoms with Gasteiger partial charge in [0.2, 0.25) is 0 Å². The van der Waals surface area contributed by atoms with E-state index in [1.165, 1.54) is 44.1 Å². The Morgan fingerprint density at radius 2 is 1.47 bits per heavy atom. The van der Waals surface area contributed by atoms with E-state index in [0.29, 0.717) is 5.41 Å². The molecule has 0 unspecified atom stereocenters. The molecule has 1 heteroatoms. The van der Waals surface area contributed by atoms with Crippen molar-refractivity contribution in [3.63, 3.8) is 0 Å². The minimum atomic E-state index is 0.402. The molecule has 17 heavy (non-hydrogen) atoms. The largest absolute Gasteiger partial charge is 0.399 e. The second kappa shape index (κ2) is 4.04. The van der Waals surface area contributed by atoms with Gasteiger partial charge in [0.05, 0.1) is 0 Å². The van der Waals surface area contributed by atoms with Crippen LogP contribution in [0.15, 0.2) is 24.3 Å². The summed E-state index contributed by atoms with van der Waals surface area (Å²) in [5.41, 5.74) is 8.54. The molecule has 0 atom stereocenters. The maximum atomic E-state index is 5.77. The zero-order chi connectivity index (χ0) is 11.9. The first-order valence-electron chi connectivity index (χ1n) is 7.03. The van der Waals surface area contributed by atoms with Crippen LogP contribution in [0.4, 0.5) is 5.69 Å². The molecule has 0 aromatic heterocycles. The van der Waals surface area contributed by atoms with E-state index >= 15 is 0 Å². The van der Waals surface area contributed by atoms with Gasteiger partial charge in [0.15, 0.2) is 0 Å². The summed E-state index contributed by atoms with van der Waals surface area (Å²) in [4.78, 5) is 0. The van der Waals surface area contributed by atoms with E-state index in [2.05, 4.69) is 19.1 Å². The molecule has 0 amide bonds. The van der Waals surface area contributed by atoms with Crippen molar-refractivity contribution in [2.45, 2.75) is 50.9 Å². The van der Waals surface area contributed by atoms with Crippen molar-refractivity contribution in [2.24, 2.45) is 11.8 Å². The highest BCUT2D eigenvalue weighted by Gasteiger charge is 2.38. The Balaban J connectivity index is 1.71. The molecule has 0 aliphatic heterocycles. The number of hydrogen-bond donors (Lipinski definition) is 1. The molecule has 1 aromatic rings. The first-order valence-corrected chi connectivity index (χ1v) is 7.03. The van der Waals surface area contributed by atoms with Crippen LogP contribution in [0, 0.1) is 11.8 Å². The van der Waals surface area contributed by atoms with Crippen LogP contribution in [0.25, 0.3) is 0 Å². The van der Waals surface area contributed by atoms with Crippen molar-refractivity contribution in [3.8, 4) is 0 Å². The van der Waals surface area contributed by atoms with Crippen LogP contribution in [0.1, 0.15) is 51.0 Å². The van der Waals surface area contributed by atoms with Gasteiger partial charge in [-0.1, -0.05) is 19.1 Å². The van der Waals surface area contributed by atoms with Crippen molar-refractivity contribution in [1.82, 2.24) is 0 Å². The number of anilines is 1. The van der Waals surface area contributed by atoms with Crippen LogP contribution < -0.4 is 5.73 Å². The van der Waals surface area contributed by atoms with Gasteiger partial charge in [-0.05, 0) is 73.5 Å². The Labute approximate surface area is 104 Å². The Bertz CT molecular complexity index is 380. The topological polar surface area (TPSA) is 26.0 Å². The third-order valence-electron chi connectivity index (χ3n) is 5.03. The van der Waals surface area contributed by atoms with Gasteiger partial charge in [0.25, 0.3) is 0 Å². The fourth-order valence-electron chi connectivity index (χ4n) is 3.49. The van der Waals surface area contributed by atoms with E-state index < -0.39 is 0 Å². The highest BCUT2D eigenvalue weighted by Crippen LogP contribution is 2.49. The zero-order valence-electron chi connectivity index (χ0n) is 10.8. The maximum absolute atomic E-state index is 5.77. The van der Waals surface area contributed by atoms with Crippen molar-refractivity contribution >= 4 is 5.69 Å². The summed E-state index contributed by atoms with van der Waals surface area (Å²) in [7, 11) is 0. The second-order valence-electron chi connectivity index (χ2n) is 6.36. The minimum Gasteiger partial charge on any atom is -0.399 e. The van der Waals surface area contributed by atoms with Crippen LogP contribution in [0.2, 0.25) is 0 Å². The number of hydrogen-bond acceptors (Lipinski definition) is 1. The van der Waals surface area contributed by atoms with Crippen LogP contribution in [-0.2, 0) is 5.41 Å². The number of rotatable bonds is 2. The van der Waals surface area contributed by atoms with Crippen molar-refractivity contribution in [3.05, 3.63) is 29.8 Å².